The summed E-state index contributed by atoms with van der Waals surface area (Å²) in [4.78, 5) is 34.4. The molecule has 6 nitrogen and oxygen atoms in total. The summed E-state index contributed by atoms with van der Waals surface area (Å²) in [6.07, 6.45) is 0.596. The Morgan fingerprint density at radius 3 is 2.39 bits per heavy atom. The molecule has 0 fully saturated rings. The summed E-state index contributed by atoms with van der Waals surface area (Å²) in [6.45, 7) is 0. The minimum absolute atomic E-state index is 0.144. The van der Waals surface area contributed by atoms with Crippen molar-refractivity contribution in [2.45, 2.75) is 0 Å². The molecule has 0 aliphatic carbocycles. The van der Waals surface area contributed by atoms with Crippen molar-refractivity contribution >= 4 is 23.7 Å². The van der Waals surface area contributed by atoms with E-state index in [4.69, 9.17) is 5.73 Å². The first-order valence-corrected chi connectivity index (χ1v) is 4.97. The molecule has 18 heavy (non-hydrogen) atoms. The van der Waals surface area contributed by atoms with E-state index < -0.39 is 28.3 Å². The summed E-state index contributed by atoms with van der Waals surface area (Å²) in [5.41, 5.74) is 5.33. The molecular formula is C11H9FN3O3+. The van der Waals surface area contributed by atoms with E-state index in [9.17, 15) is 18.8 Å². The Labute approximate surface area is 101 Å². The molecule has 0 saturated heterocycles. The fraction of sp³-hybridized carbons (Fsp3) is 0. The first-order valence-electron chi connectivity index (χ1n) is 4.97. The number of carbonyl (C=O) groups is 3. The second-order valence-electron chi connectivity index (χ2n) is 3.63. The molecule has 2 rings (SSSR count). The van der Waals surface area contributed by atoms with E-state index in [0.29, 0.717) is 6.20 Å². The predicted octanol–water partition coefficient (Wildman–Crippen LogP) is 1.13. The largest absolute Gasteiger partial charge is 0.442 e. The van der Waals surface area contributed by atoms with Gasteiger partial charge in [0.2, 0.25) is 5.83 Å². The summed E-state index contributed by atoms with van der Waals surface area (Å²) in [5, 5.41) is 1.75. The Morgan fingerprint density at radius 2 is 1.83 bits per heavy atom. The summed E-state index contributed by atoms with van der Waals surface area (Å²) in [5.74, 6) is -2.43. The van der Waals surface area contributed by atoms with Crippen molar-refractivity contribution in [1.82, 2.24) is 9.80 Å². The van der Waals surface area contributed by atoms with Gasteiger partial charge < -0.3 is 5.73 Å². The van der Waals surface area contributed by atoms with Crippen LogP contribution in [0.2, 0.25) is 0 Å². The number of halogens is 1. The molecule has 0 spiro atoms. The van der Waals surface area contributed by atoms with Crippen LogP contribution in [0.5, 0.6) is 0 Å². The number of imide groups is 2. The smallest absolute Gasteiger partial charge is 0.318 e. The molecule has 3 N–H and O–H groups in total. The van der Waals surface area contributed by atoms with Crippen molar-refractivity contribution < 1.29 is 18.8 Å². The Kier molecular flexibility index (Phi) is 2.68. The fourth-order valence-electron chi connectivity index (χ4n) is 1.68. The number of primary amides is 1. The second-order valence-corrected chi connectivity index (χ2v) is 3.63. The first kappa shape index (κ1) is 11.9. The van der Waals surface area contributed by atoms with E-state index in [0.717, 1.165) is 0 Å². The number of hydrogen-bond acceptors (Lipinski definition) is 3. The zero-order valence-corrected chi connectivity index (χ0v) is 9.09. The van der Waals surface area contributed by atoms with Crippen LogP contribution in [0.25, 0.3) is 0 Å². The standard InChI is InChI=1S/C11H8FN3O3/c12-8-6-15(10(13)17,11(18)14-9(8)16)7-4-2-1-3-5-7/h1-6H,(H2-,13,14,16,17,18)/p+1. The zero-order valence-electron chi connectivity index (χ0n) is 9.09. The SMILES string of the molecule is NC(=O)[N+]1(c2ccccc2)C=C(F)C(=O)NC1=O. The number of carbonyl (C=O) groups excluding carboxylic acids is 3. The Hall–Kier alpha value is -2.54. The molecular weight excluding hydrogens is 241 g/mol. The molecule has 0 bridgehead atoms. The number of nitrogens with one attached hydrogen (secondary N) is 1. The van der Waals surface area contributed by atoms with Crippen LogP contribution in [0.4, 0.5) is 19.7 Å². The number of nitrogens with zero attached hydrogens (tertiary/aromatic N) is 1. The van der Waals surface area contributed by atoms with E-state index in [-0.39, 0.29) is 5.69 Å². The number of nitrogens with two attached hydrogens (primary N) is 1. The molecule has 5 amide bonds. The lowest BCUT2D eigenvalue weighted by atomic mass is 10.2. The van der Waals surface area contributed by atoms with Crippen molar-refractivity contribution in [1.29, 1.82) is 0 Å². The molecule has 0 saturated carbocycles. The van der Waals surface area contributed by atoms with Crippen LogP contribution in [0.3, 0.4) is 0 Å². The van der Waals surface area contributed by atoms with Gasteiger partial charge in [-0.2, -0.15) is 4.39 Å². The molecule has 0 radical (unpaired) electrons. The van der Waals surface area contributed by atoms with E-state index >= 15 is 0 Å². The number of benzene rings is 1. The first-order chi connectivity index (χ1) is 8.48. The summed E-state index contributed by atoms with van der Waals surface area (Å²) >= 11 is 0. The maximum atomic E-state index is 13.4. The van der Waals surface area contributed by atoms with E-state index in [1.807, 2.05) is 0 Å². The van der Waals surface area contributed by atoms with Gasteiger partial charge in [-0.25, -0.2) is 14.9 Å². The molecule has 0 aromatic heterocycles. The number of para-hydroxylation sites is 1. The Morgan fingerprint density at radius 1 is 1.22 bits per heavy atom. The molecule has 1 heterocycles. The number of quaternary nitrogens is 1. The molecule has 1 aromatic rings. The summed E-state index contributed by atoms with van der Waals surface area (Å²) in [7, 11) is 0. The Balaban J connectivity index is 2.69. The third-order valence-electron chi connectivity index (χ3n) is 2.58. The average molecular weight is 250 g/mol. The van der Waals surface area contributed by atoms with Crippen LogP contribution in [-0.2, 0) is 4.79 Å². The fourth-order valence-corrected chi connectivity index (χ4v) is 1.68. The van der Waals surface area contributed by atoms with Crippen molar-refractivity contribution in [3.8, 4) is 0 Å². The van der Waals surface area contributed by atoms with E-state index in [1.54, 1.807) is 23.5 Å². The summed E-state index contributed by atoms with van der Waals surface area (Å²) < 4.78 is 12.2. The monoisotopic (exact) mass is 250 g/mol. The van der Waals surface area contributed by atoms with Gasteiger partial charge in [-0.15, -0.1) is 0 Å². The van der Waals surface area contributed by atoms with Gasteiger partial charge in [0, 0.05) is 12.1 Å². The molecule has 92 valence electrons. The van der Waals surface area contributed by atoms with Gasteiger partial charge in [-0.3, -0.25) is 4.79 Å². The van der Waals surface area contributed by atoms with Crippen molar-refractivity contribution in [2.75, 3.05) is 0 Å². The highest BCUT2D eigenvalue weighted by atomic mass is 19.1. The van der Waals surface area contributed by atoms with Gasteiger partial charge in [0.25, 0.3) is 5.91 Å². The highest BCUT2D eigenvalue weighted by Crippen LogP contribution is 2.27. The van der Waals surface area contributed by atoms with Gasteiger partial charge in [0.05, 0.1) is 0 Å². The number of urea groups is 2. The third kappa shape index (κ3) is 1.57. The van der Waals surface area contributed by atoms with Crippen LogP contribution in [0.1, 0.15) is 0 Å². The topological polar surface area (TPSA) is 89.3 Å². The molecule has 1 aromatic carbocycles. The molecule has 1 atom stereocenters. The number of amides is 5. The van der Waals surface area contributed by atoms with E-state index in [1.165, 1.54) is 12.1 Å². The lowest BCUT2D eigenvalue weighted by molar-refractivity contribution is -0.118. The van der Waals surface area contributed by atoms with Crippen LogP contribution in [-0.4, -0.2) is 18.0 Å². The maximum absolute atomic E-state index is 13.4. The highest BCUT2D eigenvalue weighted by molar-refractivity contribution is 6.18. The zero-order chi connectivity index (χ0) is 13.3. The number of rotatable bonds is 1. The molecule has 1 aliphatic rings. The van der Waals surface area contributed by atoms with Crippen LogP contribution >= 0.6 is 0 Å². The molecule has 7 heteroatoms. The average Bonchev–Trinajstić information content (AvgIpc) is 2.34. The minimum atomic E-state index is -1.24. The van der Waals surface area contributed by atoms with Crippen LogP contribution in [0.15, 0.2) is 42.4 Å². The normalized spacial score (nSPS) is 23.3. The van der Waals surface area contributed by atoms with Crippen molar-refractivity contribution in [3.05, 3.63) is 42.4 Å². The van der Waals surface area contributed by atoms with Gasteiger partial charge in [0.15, 0.2) is 11.9 Å². The van der Waals surface area contributed by atoms with Gasteiger partial charge in [0.1, 0.15) is 0 Å². The predicted molar refractivity (Wildman–Crippen MR) is 60.5 cm³/mol. The van der Waals surface area contributed by atoms with Crippen molar-refractivity contribution in [3.63, 3.8) is 0 Å². The molecule has 1 unspecified atom stereocenters. The van der Waals surface area contributed by atoms with Gasteiger partial charge in [-0.05, 0) is 0 Å². The maximum Gasteiger partial charge on any atom is 0.442 e. The quantitative estimate of drug-likeness (QED) is 0.732. The number of hydrogen-bond donors (Lipinski definition) is 2. The van der Waals surface area contributed by atoms with Gasteiger partial charge >= 0.3 is 12.1 Å². The van der Waals surface area contributed by atoms with Gasteiger partial charge in [-0.1, -0.05) is 22.7 Å². The minimum Gasteiger partial charge on any atom is -0.318 e. The van der Waals surface area contributed by atoms with Crippen molar-refractivity contribution in [2.24, 2.45) is 5.73 Å². The highest BCUT2D eigenvalue weighted by Gasteiger charge is 2.50. The lowest BCUT2D eigenvalue weighted by Gasteiger charge is -2.28. The van der Waals surface area contributed by atoms with Crippen LogP contribution in [0, 0.1) is 0 Å². The second kappa shape index (κ2) is 4.04. The molecule has 1 aliphatic heterocycles. The Bertz CT molecular complexity index is 570. The lowest BCUT2D eigenvalue weighted by Crippen LogP contribution is -2.64. The summed E-state index contributed by atoms with van der Waals surface area (Å²) in [6, 6.07) is 5.53. The van der Waals surface area contributed by atoms with Crippen LogP contribution < -0.4 is 15.5 Å². The third-order valence-corrected chi connectivity index (χ3v) is 2.58. The van der Waals surface area contributed by atoms with E-state index in [2.05, 4.69) is 0 Å².